The standard InChI is InChI=1S/C17H17N3/c1-19-16-7-3-13(4-8-16)11-15(12-18)14-5-9-17(20-2)10-6-14/h3-11,19-20H,1-2H3. The quantitative estimate of drug-likeness (QED) is 0.651. The molecule has 0 fully saturated rings. The first-order chi connectivity index (χ1) is 9.76. The number of rotatable bonds is 4. The first-order valence-electron chi connectivity index (χ1n) is 6.44. The summed E-state index contributed by atoms with van der Waals surface area (Å²) in [6.07, 6.45) is 1.90. The van der Waals surface area contributed by atoms with Crippen molar-refractivity contribution in [2.75, 3.05) is 24.7 Å². The summed E-state index contributed by atoms with van der Waals surface area (Å²) in [5, 5.41) is 15.5. The summed E-state index contributed by atoms with van der Waals surface area (Å²) in [5.41, 5.74) is 4.68. The molecular formula is C17H17N3. The van der Waals surface area contributed by atoms with E-state index in [1.54, 1.807) is 0 Å². The fraction of sp³-hybridized carbons (Fsp3) is 0.118. The minimum atomic E-state index is 0.657. The van der Waals surface area contributed by atoms with E-state index in [4.69, 9.17) is 0 Å². The summed E-state index contributed by atoms with van der Waals surface area (Å²) in [4.78, 5) is 0. The lowest BCUT2D eigenvalue weighted by Crippen LogP contribution is -1.89. The van der Waals surface area contributed by atoms with Crippen molar-refractivity contribution < 1.29 is 0 Å². The number of nitrogens with one attached hydrogen (secondary N) is 2. The Morgan fingerprint density at radius 1 is 0.900 bits per heavy atom. The molecule has 0 radical (unpaired) electrons. The Labute approximate surface area is 119 Å². The van der Waals surface area contributed by atoms with Crippen LogP contribution in [-0.4, -0.2) is 14.1 Å². The molecule has 0 unspecified atom stereocenters. The van der Waals surface area contributed by atoms with Gasteiger partial charge < -0.3 is 10.6 Å². The van der Waals surface area contributed by atoms with Crippen LogP contribution < -0.4 is 10.6 Å². The van der Waals surface area contributed by atoms with Gasteiger partial charge in [0.05, 0.1) is 11.6 Å². The second-order valence-electron chi connectivity index (χ2n) is 4.37. The molecule has 100 valence electrons. The molecule has 0 amide bonds. The highest BCUT2D eigenvalue weighted by molar-refractivity contribution is 5.90. The number of hydrogen-bond acceptors (Lipinski definition) is 3. The number of allylic oxidation sites excluding steroid dienone is 1. The molecule has 3 nitrogen and oxygen atoms in total. The fourth-order valence-electron chi connectivity index (χ4n) is 1.91. The Bertz CT molecular complexity index is 631. The van der Waals surface area contributed by atoms with Crippen molar-refractivity contribution in [2.24, 2.45) is 0 Å². The van der Waals surface area contributed by atoms with E-state index in [9.17, 15) is 5.26 Å². The van der Waals surface area contributed by atoms with Crippen LogP contribution in [0.3, 0.4) is 0 Å². The minimum Gasteiger partial charge on any atom is -0.388 e. The third kappa shape index (κ3) is 3.18. The van der Waals surface area contributed by atoms with Crippen LogP contribution in [0.5, 0.6) is 0 Å². The maximum atomic E-state index is 9.32. The lowest BCUT2D eigenvalue weighted by atomic mass is 10.0. The molecule has 0 saturated heterocycles. The van der Waals surface area contributed by atoms with Gasteiger partial charge >= 0.3 is 0 Å². The van der Waals surface area contributed by atoms with Crippen molar-refractivity contribution in [3.63, 3.8) is 0 Å². The van der Waals surface area contributed by atoms with E-state index in [0.29, 0.717) is 5.57 Å². The SMILES string of the molecule is CNc1ccc(C=C(C#N)c2ccc(NC)cc2)cc1. The van der Waals surface area contributed by atoms with E-state index >= 15 is 0 Å². The van der Waals surface area contributed by atoms with Gasteiger partial charge in [-0.1, -0.05) is 24.3 Å². The molecule has 2 aromatic carbocycles. The van der Waals surface area contributed by atoms with Crippen molar-refractivity contribution in [3.05, 3.63) is 59.7 Å². The Balaban J connectivity index is 2.30. The highest BCUT2D eigenvalue weighted by Crippen LogP contribution is 2.20. The molecule has 2 aromatic rings. The summed E-state index contributed by atoms with van der Waals surface area (Å²) < 4.78 is 0. The van der Waals surface area contributed by atoms with Gasteiger partial charge in [-0.25, -0.2) is 0 Å². The largest absolute Gasteiger partial charge is 0.388 e. The molecule has 0 spiro atoms. The molecule has 2 N–H and O–H groups in total. The molecule has 20 heavy (non-hydrogen) atoms. The average Bonchev–Trinajstić information content (AvgIpc) is 2.53. The second kappa shape index (κ2) is 6.44. The lowest BCUT2D eigenvalue weighted by molar-refractivity contribution is 1.49. The number of benzene rings is 2. The third-order valence-electron chi connectivity index (χ3n) is 3.12. The molecule has 0 aromatic heterocycles. The van der Waals surface area contributed by atoms with Gasteiger partial charge in [-0.05, 0) is 41.5 Å². The van der Waals surface area contributed by atoms with E-state index in [-0.39, 0.29) is 0 Å². The maximum absolute atomic E-state index is 9.32. The van der Waals surface area contributed by atoms with Crippen LogP contribution in [-0.2, 0) is 0 Å². The van der Waals surface area contributed by atoms with E-state index in [0.717, 1.165) is 22.5 Å². The summed E-state index contributed by atoms with van der Waals surface area (Å²) >= 11 is 0. The average molecular weight is 263 g/mol. The van der Waals surface area contributed by atoms with Crippen LogP contribution in [0.4, 0.5) is 11.4 Å². The Kier molecular flexibility index (Phi) is 4.41. The smallest absolute Gasteiger partial charge is 0.0998 e. The van der Waals surface area contributed by atoms with Crippen LogP contribution >= 0.6 is 0 Å². The summed E-state index contributed by atoms with van der Waals surface area (Å²) in [5.74, 6) is 0. The minimum absolute atomic E-state index is 0.657. The lowest BCUT2D eigenvalue weighted by Gasteiger charge is -2.04. The van der Waals surface area contributed by atoms with E-state index in [1.165, 1.54) is 0 Å². The molecule has 0 bridgehead atoms. The van der Waals surface area contributed by atoms with Gasteiger partial charge in [-0.3, -0.25) is 0 Å². The molecule has 0 saturated carbocycles. The first-order valence-corrected chi connectivity index (χ1v) is 6.44. The third-order valence-corrected chi connectivity index (χ3v) is 3.12. The molecular weight excluding hydrogens is 246 g/mol. The molecule has 2 rings (SSSR count). The molecule has 0 aliphatic carbocycles. The van der Waals surface area contributed by atoms with Gasteiger partial charge in [0.2, 0.25) is 0 Å². The van der Waals surface area contributed by atoms with Gasteiger partial charge in [0, 0.05) is 25.5 Å². The normalized spacial score (nSPS) is 10.8. The van der Waals surface area contributed by atoms with Crippen LogP contribution in [0.2, 0.25) is 0 Å². The van der Waals surface area contributed by atoms with Gasteiger partial charge in [0.1, 0.15) is 0 Å². The Morgan fingerprint density at radius 3 is 1.85 bits per heavy atom. The molecule has 3 heteroatoms. The van der Waals surface area contributed by atoms with Crippen LogP contribution in [0.1, 0.15) is 11.1 Å². The van der Waals surface area contributed by atoms with Crippen molar-refractivity contribution in [1.82, 2.24) is 0 Å². The van der Waals surface area contributed by atoms with Crippen LogP contribution in [0.15, 0.2) is 48.5 Å². The molecule has 0 aliphatic heterocycles. The van der Waals surface area contributed by atoms with Crippen molar-refractivity contribution in [2.45, 2.75) is 0 Å². The van der Waals surface area contributed by atoms with E-state index in [1.807, 2.05) is 68.7 Å². The predicted molar refractivity (Wildman–Crippen MR) is 85.5 cm³/mol. The monoisotopic (exact) mass is 263 g/mol. The second-order valence-corrected chi connectivity index (χ2v) is 4.37. The van der Waals surface area contributed by atoms with E-state index < -0.39 is 0 Å². The Morgan fingerprint density at radius 2 is 1.40 bits per heavy atom. The predicted octanol–water partition coefficient (Wildman–Crippen LogP) is 3.83. The van der Waals surface area contributed by atoms with Crippen molar-refractivity contribution in [1.29, 1.82) is 5.26 Å². The van der Waals surface area contributed by atoms with Crippen molar-refractivity contribution in [3.8, 4) is 6.07 Å². The Hall–Kier alpha value is -2.73. The summed E-state index contributed by atoms with van der Waals surface area (Å²) in [6, 6.07) is 18.0. The van der Waals surface area contributed by atoms with Gasteiger partial charge in [-0.2, -0.15) is 5.26 Å². The highest BCUT2D eigenvalue weighted by Gasteiger charge is 2.01. The topological polar surface area (TPSA) is 47.9 Å². The highest BCUT2D eigenvalue weighted by atomic mass is 14.8. The van der Waals surface area contributed by atoms with E-state index in [2.05, 4.69) is 16.7 Å². The number of nitriles is 1. The van der Waals surface area contributed by atoms with Gasteiger partial charge in [0.15, 0.2) is 0 Å². The zero-order chi connectivity index (χ0) is 14.4. The zero-order valence-electron chi connectivity index (χ0n) is 11.6. The first kappa shape index (κ1) is 13.7. The summed E-state index contributed by atoms with van der Waals surface area (Å²) in [6.45, 7) is 0. The molecule has 0 atom stereocenters. The number of hydrogen-bond donors (Lipinski definition) is 2. The molecule has 0 heterocycles. The van der Waals surface area contributed by atoms with Crippen LogP contribution in [0.25, 0.3) is 11.6 Å². The van der Waals surface area contributed by atoms with Gasteiger partial charge in [-0.15, -0.1) is 0 Å². The number of anilines is 2. The van der Waals surface area contributed by atoms with Gasteiger partial charge in [0.25, 0.3) is 0 Å². The molecule has 0 aliphatic rings. The maximum Gasteiger partial charge on any atom is 0.0998 e. The number of nitrogens with zero attached hydrogens (tertiary/aromatic N) is 1. The summed E-state index contributed by atoms with van der Waals surface area (Å²) in [7, 11) is 3.76. The zero-order valence-corrected chi connectivity index (χ0v) is 11.6. The fourth-order valence-corrected chi connectivity index (χ4v) is 1.91. The van der Waals surface area contributed by atoms with Crippen LogP contribution in [0, 0.1) is 11.3 Å². The van der Waals surface area contributed by atoms with Crippen molar-refractivity contribution >= 4 is 23.0 Å².